The van der Waals surface area contributed by atoms with Crippen molar-refractivity contribution in [3.8, 4) is 0 Å². The summed E-state index contributed by atoms with van der Waals surface area (Å²) in [7, 11) is 1.30. The van der Waals surface area contributed by atoms with E-state index < -0.39 is 17.2 Å². The number of ether oxygens (including phenoxy) is 1. The highest BCUT2D eigenvalue weighted by molar-refractivity contribution is 5.84. The van der Waals surface area contributed by atoms with Crippen LogP contribution < -0.4 is 0 Å². The molecular formula is C13H13F3O2. The zero-order valence-corrected chi connectivity index (χ0v) is 9.88. The van der Waals surface area contributed by atoms with Crippen molar-refractivity contribution in [2.24, 2.45) is 0 Å². The molecule has 2 nitrogen and oxygen atoms in total. The molecule has 1 aromatic rings. The molecule has 1 saturated carbocycles. The number of carbonyl (C=O) groups excluding carboxylic acids is 1. The second-order valence-corrected chi connectivity index (χ2v) is 4.50. The molecule has 0 N–H and O–H groups in total. The maximum Gasteiger partial charge on any atom is 0.416 e. The van der Waals surface area contributed by atoms with Crippen LogP contribution >= 0.6 is 0 Å². The summed E-state index contributed by atoms with van der Waals surface area (Å²) in [6.07, 6.45) is -2.21. The van der Waals surface area contributed by atoms with Crippen LogP contribution in [-0.2, 0) is 21.1 Å². The number of methoxy groups -OCH3 is 1. The number of hydrogen-bond donors (Lipinski definition) is 0. The van der Waals surface area contributed by atoms with Gasteiger partial charge in [0.05, 0.1) is 18.1 Å². The molecule has 1 fully saturated rings. The highest BCUT2D eigenvalue weighted by Crippen LogP contribution is 2.45. The summed E-state index contributed by atoms with van der Waals surface area (Å²) in [5, 5.41) is 0. The fourth-order valence-corrected chi connectivity index (χ4v) is 2.31. The van der Waals surface area contributed by atoms with Crippen LogP contribution in [-0.4, -0.2) is 13.1 Å². The van der Waals surface area contributed by atoms with E-state index in [2.05, 4.69) is 0 Å². The molecule has 0 radical (unpaired) electrons. The maximum absolute atomic E-state index is 12.4. The Hall–Kier alpha value is -1.52. The van der Waals surface area contributed by atoms with Gasteiger partial charge in [-0.25, -0.2) is 0 Å². The zero-order valence-electron chi connectivity index (χ0n) is 9.88. The first-order valence-electron chi connectivity index (χ1n) is 5.66. The summed E-state index contributed by atoms with van der Waals surface area (Å²) >= 11 is 0. The monoisotopic (exact) mass is 258 g/mol. The number of alkyl halides is 3. The largest absolute Gasteiger partial charge is 0.468 e. The van der Waals surface area contributed by atoms with Crippen molar-refractivity contribution in [2.75, 3.05) is 7.11 Å². The quantitative estimate of drug-likeness (QED) is 0.761. The number of halogens is 3. The third-order valence-electron chi connectivity index (χ3n) is 3.55. The van der Waals surface area contributed by atoms with E-state index in [0.29, 0.717) is 18.4 Å². The molecule has 1 aliphatic carbocycles. The van der Waals surface area contributed by atoms with Crippen molar-refractivity contribution in [3.05, 3.63) is 35.4 Å². The molecule has 0 saturated heterocycles. The third-order valence-corrected chi connectivity index (χ3v) is 3.55. The average Bonchev–Trinajstić information content (AvgIpc) is 2.27. The topological polar surface area (TPSA) is 26.3 Å². The Bertz CT molecular complexity index is 444. The molecule has 18 heavy (non-hydrogen) atoms. The second kappa shape index (κ2) is 4.30. The predicted molar refractivity (Wildman–Crippen MR) is 59.0 cm³/mol. The van der Waals surface area contributed by atoms with Gasteiger partial charge in [0.25, 0.3) is 0 Å². The van der Waals surface area contributed by atoms with Gasteiger partial charge in [-0.1, -0.05) is 18.6 Å². The first kappa shape index (κ1) is 12.9. The van der Waals surface area contributed by atoms with Crippen LogP contribution in [0.25, 0.3) is 0 Å². The molecule has 0 spiro atoms. The lowest BCUT2D eigenvalue weighted by Crippen LogP contribution is -2.43. The Balaban J connectivity index is 2.31. The van der Waals surface area contributed by atoms with Crippen LogP contribution in [0.2, 0.25) is 0 Å². The van der Waals surface area contributed by atoms with Gasteiger partial charge in [-0.15, -0.1) is 0 Å². The fraction of sp³-hybridized carbons (Fsp3) is 0.462. The molecule has 2 rings (SSSR count). The van der Waals surface area contributed by atoms with Crippen molar-refractivity contribution in [1.82, 2.24) is 0 Å². The van der Waals surface area contributed by atoms with Gasteiger partial charge in [-0.2, -0.15) is 13.2 Å². The van der Waals surface area contributed by atoms with E-state index in [4.69, 9.17) is 4.74 Å². The van der Waals surface area contributed by atoms with Gasteiger partial charge in [0, 0.05) is 0 Å². The number of esters is 1. The SMILES string of the molecule is COC(=O)C1(c2ccc(C(F)(F)F)cc2)CCC1. The Labute approximate surface area is 103 Å². The van der Waals surface area contributed by atoms with E-state index in [0.717, 1.165) is 18.6 Å². The highest BCUT2D eigenvalue weighted by atomic mass is 19.4. The molecular weight excluding hydrogens is 245 g/mol. The standard InChI is InChI=1S/C13H13F3O2/c1-18-11(17)12(7-2-8-12)9-3-5-10(6-4-9)13(14,15)16/h3-6H,2,7-8H2,1H3. The van der Waals surface area contributed by atoms with Crippen LogP contribution in [0.15, 0.2) is 24.3 Å². The van der Waals surface area contributed by atoms with Crippen LogP contribution in [0.1, 0.15) is 30.4 Å². The first-order chi connectivity index (χ1) is 8.40. The van der Waals surface area contributed by atoms with Gasteiger partial charge in [-0.3, -0.25) is 4.79 Å². The number of carbonyl (C=O) groups is 1. The zero-order chi connectivity index (χ0) is 13.4. The van der Waals surface area contributed by atoms with E-state index in [1.807, 2.05) is 0 Å². The highest BCUT2D eigenvalue weighted by Gasteiger charge is 2.47. The Morgan fingerprint density at radius 3 is 2.11 bits per heavy atom. The molecule has 0 heterocycles. The normalized spacial score (nSPS) is 18.0. The number of benzene rings is 1. The predicted octanol–water partition coefficient (Wildman–Crippen LogP) is 3.30. The summed E-state index contributed by atoms with van der Waals surface area (Å²) in [5.41, 5.74) is -0.835. The number of rotatable bonds is 2. The van der Waals surface area contributed by atoms with Crippen molar-refractivity contribution >= 4 is 5.97 Å². The molecule has 0 aliphatic heterocycles. The first-order valence-corrected chi connectivity index (χ1v) is 5.66. The minimum absolute atomic E-state index is 0.367. The summed E-state index contributed by atoms with van der Waals surface area (Å²) in [5.74, 6) is -0.367. The molecule has 0 aromatic heterocycles. The van der Waals surface area contributed by atoms with Gasteiger partial charge in [0.1, 0.15) is 0 Å². The molecule has 0 bridgehead atoms. The Morgan fingerprint density at radius 1 is 1.22 bits per heavy atom. The molecule has 5 heteroatoms. The van der Waals surface area contributed by atoms with Gasteiger partial charge in [0.2, 0.25) is 0 Å². The van der Waals surface area contributed by atoms with E-state index in [1.165, 1.54) is 19.2 Å². The lowest BCUT2D eigenvalue weighted by atomic mass is 9.64. The molecule has 98 valence electrons. The summed E-state index contributed by atoms with van der Waals surface area (Å²) in [4.78, 5) is 11.8. The molecule has 0 atom stereocenters. The fourth-order valence-electron chi connectivity index (χ4n) is 2.31. The van der Waals surface area contributed by atoms with E-state index in [9.17, 15) is 18.0 Å². The average molecular weight is 258 g/mol. The molecule has 0 unspecified atom stereocenters. The van der Waals surface area contributed by atoms with Gasteiger partial charge < -0.3 is 4.74 Å². The summed E-state index contributed by atoms with van der Waals surface area (Å²) in [6, 6.07) is 4.77. The van der Waals surface area contributed by atoms with Crippen LogP contribution in [0.3, 0.4) is 0 Å². The summed E-state index contributed by atoms with van der Waals surface area (Å²) in [6.45, 7) is 0. The smallest absolute Gasteiger partial charge is 0.416 e. The van der Waals surface area contributed by atoms with Gasteiger partial charge in [0.15, 0.2) is 0 Å². The van der Waals surface area contributed by atoms with Gasteiger partial charge >= 0.3 is 12.1 Å². The van der Waals surface area contributed by atoms with Crippen molar-refractivity contribution in [3.63, 3.8) is 0 Å². The van der Waals surface area contributed by atoms with Crippen molar-refractivity contribution in [2.45, 2.75) is 30.9 Å². The van der Waals surface area contributed by atoms with Gasteiger partial charge in [-0.05, 0) is 30.5 Å². The Morgan fingerprint density at radius 2 is 1.78 bits per heavy atom. The summed E-state index contributed by atoms with van der Waals surface area (Å²) < 4.78 is 42.1. The lowest BCUT2D eigenvalue weighted by molar-refractivity contribution is -0.151. The van der Waals surface area contributed by atoms with E-state index in [1.54, 1.807) is 0 Å². The van der Waals surface area contributed by atoms with E-state index in [-0.39, 0.29) is 5.97 Å². The second-order valence-electron chi connectivity index (χ2n) is 4.50. The van der Waals surface area contributed by atoms with Crippen molar-refractivity contribution < 1.29 is 22.7 Å². The van der Waals surface area contributed by atoms with Crippen LogP contribution in [0.5, 0.6) is 0 Å². The molecule has 0 amide bonds. The van der Waals surface area contributed by atoms with Crippen molar-refractivity contribution in [1.29, 1.82) is 0 Å². The molecule has 1 aliphatic rings. The minimum Gasteiger partial charge on any atom is -0.468 e. The third kappa shape index (κ3) is 1.98. The Kier molecular flexibility index (Phi) is 3.09. The lowest BCUT2D eigenvalue weighted by Gasteiger charge is -2.39. The van der Waals surface area contributed by atoms with Crippen LogP contribution in [0.4, 0.5) is 13.2 Å². The van der Waals surface area contributed by atoms with Crippen LogP contribution in [0, 0.1) is 0 Å². The maximum atomic E-state index is 12.4. The molecule has 1 aromatic carbocycles. The minimum atomic E-state index is -4.35. The van der Waals surface area contributed by atoms with E-state index >= 15 is 0 Å². The number of hydrogen-bond acceptors (Lipinski definition) is 2.